The first-order chi connectivity index (χ1) is 13.8. The molecule has 1 N–H and O–H groups in total. The van der Waals surface area contributed by atoms with E-state index in [1.54, 1.807) is 6.07 Å². The van der Waals surface area contributed by atoms with Gasteiger partial charge in [-0.3, -0.25) is 0 Å². The van der Waals surface area contributed by atoms with E-state index in [0.29, 0.717) is 5.75 Å². The zero-order valence-corrected chi connectivity index (χ0v) is 17.7. The van der Waals surface area contributed by atoms with E-state index in [0.717, 1.165) is 23.0 Å². The van der Waals surface area contributed by atoms with Gasteiger partial charge in [0.15, 0.2) is 0 Å². The Labute approximate surface area is 172 Å². The number of aryl methyl sites for hydroxylation is 1. The number of benzene rings is 2. The van der Waals surface area contributed by atoms with Crippen molar-refractivity contribution >= 4 is 0 Å². The first-order valence-corrected chi connectivity index (χ1v) is 11.6. The summed E-state index contributed by atoms with van der Waals surface area (Å²) in [5, 5.41) is 10.0. The fourth-order valence-electron chi connectivity index (χ4n) is 4.82. The van der Waals surface area contributed by atoms with Crippen molar-refractivity contribution < 1.29 is 5.11 Å². The van der Waals surface area contributed by atoms with E-state index in [9.17, 15) is 5.11 Å². The molecule has 2 aromatic carbocycles. The molecule has 0 saturated heterocycles. The maximum atomic E-state index is 10.0. The Bertz CT molecular complexity index is 680. The Morgan fingerprint density at radius 3 is 1.96 bits per heavy atom. The van der Waals surface area contributed by atoms with E-state index >= 15 is 0 Å². The molecule has 0 radical (unpaired) electrons. The van der Waals surface area contributed by atoms with Gasteiger partial charge in [0.05, 0.1) is 0 Å². The Kier molecular flexibility index (Phi) is 8.45. The lowest BCUT2D eigenvalue weighted by molar-refractivity contribution is 0.245. The molecule has 1 aliphatic carbocycles. The largest absolute Gasteiger partial charge is 0.507 e. The van der Waals surface area contributed by atoms with Gasteiger partial charge in [-0.15, -0.1) is 0 Å². The summed E-state index contributed by atoms with van der Waals surface area (Å²) < 4.78 is 0. The van der Waals surface area contributed by atoms with Gasteiger partial charge in [-0.05, 0) is 41.9 Å². The van der Waals surface area contributed by atoms with Gasteiger partial charge < -0.3 is 5.11 Å². The number of unbranched alkanes of at least 4 members (excludes halogenated alkanes) is 3. The SMILES string of the molecule is CCCCCC1CCC(CCCCc2ccc(-c3ccccc3O)cc2)CC1. The van der Waals surface area contributed by atoms with Crippen LogP contribution in [0.15, 0.2) is 48.5 Å². The Balaban J connectivity index is 1.33. The van der Waals surface area contributed by atoms with Crippen LogP contribution >= 0.6 is 0 Å². The molecule has 1 heteroatoms. The predicted octanol–water partition coefficient (Wildman–Crippen LogP) is 8.16. The summed E-state index contributed by atoms with van der Waals surface area (Å²) in [5.41, 5.74) is 3.43. The highest BCUT2D eigenvalue weighted by Crippen LogP contribution is 2.34. The van der Waals surface area contributed by atoms with E-state index in [1.165, 1.54) is 82.6 Å². The molecule has 0 unspecified atom stereocenters. The highest BCUT2D eigenvalue weighted by Gasteiger charge is 2.20. The molecular formula is C27H38O. The number of phenolic OH excluding ortho intramolecular Hbond substituents is 1. The first-order valence-electron chi connectivity index (χ1n) is 11.6. The van der Waals surface area contributed by atoms with Crippen molar-refractivity contribution in [1.82, 2.24) is 0 Å². The quantitative estimate of drug-likeness (QED) is 0.413. The van der Waals surface area contributed by atoms with E-state index in [-0.39, 0.29) is 0 Å². The topological polar surface area (TPSA) is 20.2 Å². The molecule has 1 aliphatic rings. The second-order valence-corrected chi connectivity index (χ2v) is 8.84. The maximum Gasteiger partial charge on any atom is 0.123 e. The van der Waals surface area contributed by atoms with Gasteiger partial charge in [0, 0.05) is 5.56 Å². The lowest BCUT2D eigenvalue weighted by atomic mass is 9.78. The average Bonchev–Trinajstić information content (AvgIpc) is 2.73. The second-order valence-electron chi connectivity index (χ2n) is 8.84. The first kappa shape index (κ1) is 21.0. The summed E-state index contributed by atoms with van der Waals surface area (Å²) in [5.74, 6) is 2.38. The van der Waals surface area contributed by atoms with Gasteiger partial charge in [0.25, 0.3) is 0 Å². The molecule has 152 valence electrons. The van der Waals surface area contributed by atoms with Gasteiger partial charge in [-0.25, -0.2) is 0 Å². The molecule has 0 aliphatic heterocycles. The molecule has 1 saturated carbocycles. The third-order valence-corrected chi connectivity index (χ3v) is 6.68. The minimum atomic E-state index is 0.357. The van der Waals surface area contributed by atoms with Crippen LogP contribution in [-0.4, -0.2) is 5.11 Å². The van der Waals surface area contributed by atoms with Crippen molar-refractivity contribution in [3.8, 4) is 16.9 Å². The third kappa shape index (κ3) is 6.40. The minimum absolute atomic E-state index is 0.357. The van der Waals surface area contributed by atoms with Gasteiger partial charge >= 0.3 is 0 Å². The number of phenols is 1. The highest BCUT2D eigenvalue weighted by atomic mass is 16.3. The van der Waals surface area contributed by atoms with Gasteiger partial charge in [-0.2, -0.15) is 0 Å². The normalized spacial score (nSPS) is 19.6. The number of aromatic hydroxyl groups is 1. The van der Waals surface area contributed by atoms with Crippen LogP contribution in [0.2, 0.25) is 0 Å². The van der Waals surface area contributed by atoms with Crippen molar-refractivity contribution in [2.45, 2.75) is 84.0 Å². The third-order valence-electron chi connectivity index (χ3n) is 6.68. The number of para-hydroxylation sites is 1. The van der Waals surface area contributed by atoms with Gasteiger partial charge in [-0.1, -0.05) is 114 Å². The zero-order valence-electron chi connectivity index (χ0n) is 17.7. The van der Waals surface area contributed by atoms with Gasteiger partial charge in [0.2, 0.25) is 0 Å². The maximum absolute atomic E-state index is 10.0. The van der Waals surface area contributed by atoms with Crippen LogP contribution in [0, 0.1) is 11.8 Å². The fourth-order valence-corrected chi connectivity index (χ4v) is 4.82. The fraction of sp³-hybridized carbons (Fsp3) is 0.556. The van der Waals surface area contributed by atoms with Gasteiger partial charge in [0.1, 0.15) is 5.75 Å². The molecular weight excluding hydrogens is 340 g/mol. The standard InChI is InChI=1S/C27H38O/c1-2-3-4-9-22-14-16-23(17-15-22)10-5-6-11-24-18-20-25(21-19-24)26-12-7-8-13-27(26)28/h7-8,12-13,18-23,28H,2-6,9-11,14-17H2,1H3. The summed E-state index contributed by atoms with van der Waals surface area (Å²) in [6.45, 7) is 2.30. The smallest absolute Gasteiger partial charge is 0.123 e. The van der Waals surface area contributed by atoms with Crippen molar-refractivity contribution in [3.05, 3.63) is 54.1 Å². The van der Waals surface area contributed by atoms with E-state index in [2.05, 4.69) is 31.2 Å². The van der Waals surface area contributed by atoms with Crippen molar-refractivity contribution in [3.63, 3.8) is 0 Å². The molecule has 0 spiro atoms. The second kappa shape index (κ2) is 11.3. The zero-order chi connectivity index (χ0) is 19.6. The molecule has 0 heterocycles. The molecule has 0 atom stereocenters. The Hall–Kier alpha value is -1.76. The monoisotopic (exact) mass is 378 g/mol. The summed E-state index contributed by atoms with van der Waals surface area (Å²) in [4.78, 5) is 0. The molecule has 0 amide bonds. The molecule has 0 aromatic heterocycles. The molecule has 2 aromatic rings. The minimum Gasteiger partial charge on any atom is -0.507 e. The molecule has 28 heavy (non-hydrogen) atoms. The van der Waals surface area contributed by atoms with Crippen LogP contribution in [0.4, 0.5) is 0 Å². The molecule has 1 fully saturated rings. The average molecular weight is 379 g/mol. The van der Waals surface area contributed by atoms with E-state index in [1.807, 2.05) is 18.2 Å². The highest BCUT2D eigenvalue weighted by molar-refractivity contribution is 5.69. The van der Waals surface area contributed by atoms with Crippen molar-refractivity contribution in [2.24, 2.45) is 11.8 Å². The van der Waals surface area contributed by atoms with Crippen molar-refractivity contribution in [1.29, 1.82) is 0 Å². The lowest BCUT2D eigenvalue weighted by Gasteiger charge is -2.28. The van der Waals surface area contributed by atoms with Crippen LogP contribution in [0.5, 0.6) is 5.75 Å². The Morgan fingerprint density at radius 1 is 0.750 bits per heavy atom. The Morgan fingerprint density at radius 2 is 1.36 bits per heavy atom. The van der Waals surface area contributed by atoms with E-state index in [4.69, 9.17) is 0 Å². The van der Waals surface area contributed by atoms with Crippen molar-refractivity contribution in [2.75, 3.05) is 0 Å². The van der Waals surface area contributed by atoms with Crippen LogP contribution in [0.3, 0.4) is 0 Å². The number of hydrogen-bond acceptors (Lipinski definition) is 1. The van der Waals surface area contributed by atoms with Crippen LogP contribution < -0.4 is 0 Å². The number of hydrogen-bond donors (Lipinski definition) is 1. The van der Waals surface area contributed by atoms with Crippen LogP contribution in [0.1, 0.15) is 83.1 Å². The molecule has 3 rings (SSSR count). The molecule has 1 nitrogen and oxygen atoms in total. The summed E-state index contributed by atoms with van der Waals surface area (Å²) in [7, 11) is 0. The number of rotatable bonds is 10. The predicted molar refractivity (Wildman–Crippen MR) is 121 cm³/mol. The van der Waals surface area contributed by atoms with E-state index < -0.39 is 0 Å². The van der Waals surface area contributed by atoms with Crippen LogP contribution in [0.25, 0.3) is 11.1 Å². The van der Waals surface area contributed by atoms with Crippen LogP contribution in [-0.2, 0) is 6.42 Å². The molecule has 0 bridgehead atoms. The lowest BCUT2D eigenvalue weighted by Crippen LogP contribution is -2.14. The summed E-state index contributed by atoms with van der Waals surface area (Å²) >= 11 is 0. The summed E-state index contributed by atoms with van der Waals surface area (Å²) in [6.07, 6.45) is 16.9. The summed E-state index contributed by atoms with van der Waals surface area (Å²) in [6, 6.07) is 16.3.